The van der Waals surface area contributed by atoms with Gasteiger partial charge in [-0.2, -0.15) is 0 Å². The van der Waals surface area contributed by atoms with Crippen LogP contribution in [0.5, 0.6) is 0 Å². The van der Waals surface area contributed by atoms with Gasteiger partial charge in [-0.25, -0.2) is 15.0 Å². The molecule has 0 fully saturated rings. The van der Waals surface area contributed by atoms with Crippen LogP contribution in [0, 0.1) is 0 Å². The summed E-state index contributed by atoms with van der Waals surface area (Å²) in [6.45, 7) is 4.64. The lowest BCUT2D eigenvalue weighted by molar-refractivity contribution is 0.660. The Morgan fingerprint density at radius 3 is 1.08 bits per heavy atom. The molecule has 0 spiro atoms. The zero-order valence-corrected chi connectivity index (χ0v) is 39.6. The van der Waals surface area contributed by atoms with Crippen molar-refractivity contribution in [2.45, 2.75) is 19.3 Å². The Kier molecular flexibility index (Phi) is 8.61. The van der Waals surface area contributed by atoms with Gasteiger partial charge in [0.1, 0.15) is 0 Å². The molecule has 0 amide bonds. The van der Waals surface area contributed by atoms with Crippen LogP contribution in [0.25, 0.3) is 128 Å². The van der Waals surface area contributed by atoms with Gasteiger partial charge in [0, 0.05) is 71.5 Å². The zero-order chi connectivity index (χ0) is 47.7. The van der Waals surface area contributed by atoms with Crippen LogP contribution < -0.4 is 0 Å². The second kappa shape index (κ2) is 15.3. The van der Waals surface area contributed by atoms with E-state index in [0.717, 1.165) is 55.8 Å². The molecule has 338 valence electrons. The van der Waals surface area contributed by atoms with Crippen molar-refractivity contribution in [1.82, 2.24) is 28.7 Å². The summed E-state index contributed by atoms with van der Waals surface area (Å²) in [7, 11) is 0. The smallest absolute Gasteiger partial charge is 0.164 e. The van der Waals surface area contributed by atoms with Gasteiger partial charge in [0.15, 0.2) is 17.5 Å². The van der Waals surface area contributed by atoms with Crippen molar-refractivity contribution in [3.8, 4) is 62.4 Å². The standard InChI is InChI=1S/C66H44N6/c1-66(2)55-24-10-3-17-47(55)48-36-33-42(39-56(48)66)64-67-63(41-31-34-44(35-32-41)70-57-25-11-4-18-49(57)50-19-5-12-26-58(50)70)68-65(69-64)43-37-45(71-59-27-13-6-20-51(59)52-21-7-14-28-60(52)71)40-46(38-43)72-61-29-15-8-22-53(61)54-23-9-16-30-62(54)72/h3-40H,1-2H3. The monoisotopic (exact) mass is 920 g/mol. The normalized spacial score (nSPS) is 13.0. The van der Waals surface area contributed by atoms with Crippen LogP contribution in [0.1, 0.15) is 25.0 Å². The highest BCUT2D eigenvalue weighted by Crippen LogP contribution is 2.49. The molecule has 0 radical (unpaired) electrons. The van der Waals surface area contributed by atoms with Crippen molar-refractivity contribution in [1.29, 1.82) is 0 Å². The molecule has 4 heterocycles. The Balaban J connectivity index is 0.979. The van der Waals surface area contributed by atoms with E-state index < -0.39 is 0 Å². The lowest BCUT2D eigenvalue weighted by Gasteiger charge is -2.21. The minimum atomic E-state index is -0.197. The lowest BCUT2D eigenvalue weighted by atomic mass is 9.82. The molecule has 1 aliphatic carbocycles. The number of rotatable bonds is 6. The number of nitrogens with zero attached hydrogens (tertiary/aromatic N) is 6. The summed E-state index contributed by atoms with van der Waals surface area (Å²) < 4.78 is 7.13. The molecule has 0 aliphatic heterocycles. The van der Waals surface area contributed by atoms with Gasteiger partial charge >= 0.3 is 0 Å². The third-order valence-electron chi connectivity index (χ3n) is 15.3. The summed E-state index contributed by atoms with van der Waals surface area (Å²) in [4.78, 5) is 16.4. The topological polar surface area (TPSA) is 53.5 Å². The number of fused-ring (bicyclic) bond motifs is 12. The number of aromatic nitrogens is 6. The van der Waals surface area contributed by atoms with Gasteiger partial charge in [-0.15, -0.1) is 0 Å². The van der Waals surface area contributed by atoms with Crippen molar-refractivity contribution in [3.63, 3.8) is 0 Å². The van der Waals surface area contributed by atoms with Gasteiger partial charge in [0.2, 0.25) is 0 Å². The summed E-state index contributed by atoms with van der Waals surface area (Å²) in [5, 5.41) is 7.27. The minimum Gasteiger partial charge on any atom is -0.309 e. The SMILES string of the molecule is CC1(C)c2ccccc2-c2ccc(-c3nc(-c4ccc(-n5c6ccccc6c6ccccc65)cc4)nc(-c4cc(-n5c6ccccc6c6ccccc65)cc(-n5c6ccccc6c6ccccc65)c4)n3)cc21. The van der Waals surface area contributed by atoms with Crippen LogP contribution in [0.15, 0.2) is 231 Å². The van der Waals surface area contributed by atoms with E-state index in [1.165, 1.54) is 65.6 Å². The van der Waals surface area contributed by atoms with Gasteiger partial charge in [-0.1, -0.05) is 159 Å². The summed E-state index contributed by atoms with van der Waals surface area (Å²) >= 11 is 0. The number of para-hydroxylation sites is 6. The van der Waals surface area contributed by atoms with E-state index in [1.54, 1.807) is 0 Å². The molecule has 6 heteroatoms. The summed E-state index contributed by atoms with van der Waals surface area (Å²) in [6.07, 6.45) is 0. The van der Waals surface area contributed by atoms with Crippen molar-refractivity contribution < 1.29 is 0 Å². The second-order valence-corrected chi connectivity index (χ2v) is 19.6. The third-order valence-corrected chi connectivity index (χ3v) is 15.3. The van der Waals surface area contributed by atoms with Crippen LogP contribution >= 0.6 is 0 Å². The number of hydrogen-bond acceptors (Lipinski definition) is 3. The second-order valence-electron chi connectivity index (χ2n) is 19.6. The molecular weight excluding hydrogens is 877 g/mol. The average molecular weight is 921 g/mol. The average Bonchev–Trinajstić information content (AvgIpc) is 4.14. The quantitative estimate of drug-likeness (QED) is 0.167. The van der Waals surface area contributed by atoms with E-state index in [2.05, 4.69) is 258 Å². The van der Waals surface area contributed by atoms with Crippen LogP contribution in [-0.4, -0.2) is 28.7 Å². The molecule has 0 saturated carbocycles. The fraction of sp³-hybridized carbons (Fsp3) is 0.0455. The van der Waals surface area contributed by atoms with Crippen LogP contribution in [-0.2, 0) is 5.41 Å². The Morgan fingerprint density at radius 1 is 0.278 bits per heavy atom. The van der Waals surface area contributed by atoms with Crippen molar-refractivity contribution in [3.05, 3.63) is 242 Å². The third kappa shape index (κ3) is 5.93. The molecule has 0 atom stereocenters. The summed E-state index contributed by atoms with van der Waals surface area (Å²) in [5.74, 6) is 1.82. The van der Waals surface area contributed by atoms with E-state index in [0.29, 0.717) is 17.5 Å². The molecule has 10 aromatic carbocycles. The lowest BCUT2D eigenvalue weighted by Crippen LogP contribution is -2.15. The number of hydrogen-bond donors (Lipinski definition) is 0. The molecule has 1 aliphatic rings. The molecule has 14 aromatic rings. The first-order valence-corrected chi connectivity index (χ1v) is 24.7. The van der Waals surface area contributed by atoms with Gasteiger partial charge in [0.05, 0.1) is 33.1 Å². The van der Waals surface area contributed by atoms with Gasteiger partial charge < -0.3 is 13.7 Å². The number of benzene rings is 10. The molecule has 72 heavy (non-hydrogen) atoms. The maximum absolute atomic E-state index is 5.50. The molecule has 4 aromatic heterocycles. The van der Waals surface area contributed by atoms with Crippen molar-refractivity contribution >= 4 is 65.4 Å². The van der Waals surface area contributed by atoms with E-state index >= 15 is 0 Å². The largest absolute Gasteiger partial charge is 0.309 e. The van der Waals surface area contributed by atoms with Gasteiger partial charge in [-0.3, -0.25) is 0 Å². The first kappa shape index (κ1) is 40.5. The Morgan fingerprint density at radius 2 is 0.625 bits per heavy atom. The van der Waals surface area contributed by atoms with Crippen molar-refractivity contribution in [2.24, 2.45) is 0 Å². The van der Waals surface area contributed by atoms with E-state index in [-0.39, 0.29) is 5.41 Å². The molecule has 0 bridgehead atoms. The maximum Gasteiger partial charge on any atom is 0.164 e. The fourth-order valence-electron chi connectivity index (χ4n) is 12.0. The highest BCUT2D eigenvalue weighted by molar-refractivity contribution is 6.11. The summed E-state index contributed by atoms with van der Waals surface area (Å²) in [5.41, 5.74) is 17.6. The zero-order valence-electron chi connectivity index (χ0n) is 39.6. The molecule has 0 unspecified atom stereocenters. The molecule has 0 N–H and O–H groups in total. The summed E-state index contributed by atoms with van der Waals surface area (Å²) in [6, 6.07) is 83.1. The van der Waals surface area contributed by atoms with E-state index in [9.17, 15) is 0 Å². The van der Waals surface area contributed by atoms with Crippen LogP contribution in [0.3, 0.4) is 0 Å². The van der Waals surface area contributed by atoms with Crippen LogP contribution in [0.2, 0.25) is 0 Å². The van der Waals surface area contributed by atoms with Gasteiger partial charge in [0.25, 0.3) is 0 Å². The van der Waals surface area contributed by atoms with Crippen molar-refractivity contribution in [2.75, 3.05) is 0 Å². The first-order chi connectivity index (χ1) is 35.5. The maximum atomic E-state index is 5.50. The Hall–Kier alpha value is -9.39. The van der Waals surface area contributed by atoms with Gasteiger partial charge in [-0.05, 0) is 107 Å². The molecular formula is C66H44N6. The Labute approximate surface area is 415 Å². The molecule has 6 nitrogen and oxygen atoms in total. The molecule has 0 saturated heterocycles. The molecule has 15 rings (SSSR count). The Bertz CT molecular complexity index is 4250. The minimum absolute atomic E-state index is 0.197. The van der Waals surface area contributed by atoms with E-state index in [1.807, 2.05) is 0 Å². The predicted octanol–water partition coefficient (Wildman–Crippen LogP) is 16.5. The van der Waals surface area contributed by atoms with E-state index in [4.69, 9.17) is 15.0 Å². The van der Waals surface area contributed by atoms with Crippen LogP contribution in [0.4, 0.5) is 0 Å². The fourth-order valence-corrected chi connectivity index (χ4v) is 12.0. The predicted molar refractivity (Wildman–Crippen MR) is 297 cm³/mol. The first-order valence-electron chi connectivity index (χ1n) is 24.7. The highest BCUT2D eigenvalue weighted by Gasteiger charge is 2.35. The highest BCUT2D eigenvalue weighted by atomic mass is 15.1.